The molecule has 0 unspecified atom stereocenters. The van der Waals surface area contributed by atoms with Crippen molar-refractivity contribution in [1.29, 1.82) is 0 Å². The third-order valence-corrected chi connectivity index (χ3v) is 0. The maximum Gasteiger partial charge on any atom is 1.00 e. The maximum atomic E-state index is 8.25. The van der Waals surface area contributed by atoms with Gasteiger partial charge in [0.1, 0.15) is 0 Å². The van der Waals surface area contributed by atoms with E-state index in [1.807, 2.05) is 0 Å². The normalized spacial score (nSPS) is 4.00. The van der Waals surface area contributed by atoms with E-state index in [1.165, 1.54) is 0 Å². The van der Waals surface area contributed by atoms with Gasteiger partial charge in [-0.2, -0.15) is 0 Å². The third kappa shape index (κ3) is 441. The maximum absolute atomic E-state index is 8.25. The molecule has 0 N–H and O–H groups in total. The Kier molecular flexibility index (Phi) is 24.4. The van der Waals surface area contributed by atoms with Crippen molar-refractivity contribution in [1.82, 2.24) is 0 Å². The predicted octanol–water partition coefficient (Wildman–Crippen LogP) is -4.42. The molecule has 0 radical (unpaired) electrons. The third-order valence-electron chi connectivity index (χ3n) is 0. The molecule has 0 aromatic carbocycles. The molecule has 0 fully saturated rings. The average molecular weight is 99.0 g/mol. The van der Waals surface area contributed by atoms with Gasteiger partial charge in [0.2, 0.25) is 0 Å². The SMILES string of the molecule is O=[N+]([O-])[O-].[AlH3].[Li+]. The zero-order valence-corrected chi connectivity index (χ0v) is 2.67. The van der Waals surface area contributed by atoms with Crippen LogP contribution in [0.4, 0.5) is 0 Å². The van der Waals surface area contributed by atoms with Crippen LogP contribution in [0.2, 0.25) is 0 Å². The van der Waals surface area contributed by atoms with Gasteiger partial charge in [-0.15, -0.1) is 0 Å². The molecule has 0 aliphatic rings. The molecule has 0 saturated heterocycles. The summed E-state index contributed by atoms with van der Waals surface area (Å²) in [6.07, 6.45) is 0. The van der Waals surface area contributed by atoms with Crippen LogP contribution < -0.4 is 18.9 Å². The molecule has 0 aliphatic carbocycles. The Bertz CT molecular complexity index is 33.8. The fourth-order valence-corrected chi connectivity index (χ4v) is 0. The van der Waals surface area contributed by atoms with Crippen molar-refractivity contribution in [3.63, 3.8) is 0 Å². The van der Waals surface area contributed by atoms with E-state index in [9.17, 15) is 0 Å². The Labute approximate surface area is 56.9 Å². The Hall–Kier alpha value is 0.330. The van der Waals surface area contributed by atoms with E-state index in [0.717, 1.165) is 0 Å². The molecule has 0 heterocycles. The Balaban J connectivity index is -0.0000000450. The van der Waals surface area contributed by atoms with Crippen LogP contribution in [-0.2, 0) is 0 Å². The smallest absolute Gasteiger partial charge is 0.356 e. The standard InChI is InChI=1S/Al.Li.NO3.3H/c;;2-1(3)4;;;/q;+1;-1;;;. The minimum atomic E-state index is -1.75. The van der Waals surface area contributed by atoms with Gasteiger partial charge in [-0.25, -0.2) is 0 Å². The van der Waals surface area contributed by atoms with E-state index < -0.39 is 5.09 Å². The molecule has 0 aromatic rings. The number of rotatable bonds is 0. The van der Waals surface area contributed by atoms with Crippen molar-refractivity contribution in [3.8, 4) is 0 Å². The topological polar surface area (TPSA) is 66.2 Å². The van der Waals surface area contributed by atoms with Gasteiger partial charge in [-0.05, 0) is 0 Å². The van der Waals surface area contributed by atoms with E-state index in [2.05, 4.69) is 0 Å². The summed E-state index contributed by atoms with van der Waals surface area (Å²) in [7, 11) is 0. The van der Waals surface area contributed by atoms with Gasteiger partial charge >= 0.3 is 18.9 Å². The molecule has 6 heteroatoms. The second kappa shape index (κ2) is 9.01. The second-order valence-electron chi connectivity index (χ2n) is 0.224. The summed E-state index contributed by atoms with van der Waals surface area (Å²) in [5.41, 5.74) is 0. The number of nitrogens with zero attached hydrogens (tertiary/aromatic N) is 1. The minimum Gasteiger partial charge on any atom is -0.356 e. The van der Waals surface area contributed by atoms with Crippen LogP contribution >= 0.6 is 0 Å². The van der Waals surface area contributed by atoms with Crippen LogP contribution in [-0.4, -0.2) is 22.4 Å². The molecular formula is H3AlLiNO3. The molecule has 0 spiro atoms. The van der Waals surface area contributed by atoms with Crippen molar-refractivity contribution in [2.75, 3.05) is 0 Å². The molecule has 0 aliphatic heterocycles. The van der Waals surface area contributed by atoms with E-state index in [1.54, 1.807) is 0 Å². The minimum absolute atomic E-state index is 0. The summed E-state index contributed by atoms with van der Waals surface area (Å²) in [5.74, 6) is 0. The van der Waals surface area contributed by atoms with Crippen LogP contribution in [0.25, 0.3) is 0 Å². The Morgan fingerprint density at radius 1 is 1.33 bits per heavy atom. The molecule has 0 aromatic heterocycles. The van der Waals surface area contributed by atoms with Crippen LogP contribution in [0.5, 0.6) is 0 Å². The Morgan fingerprint density at radius 3 is 1.33 bits per heavy atom. The van der Waals surface area contributed by atoms with Crippen molar-refractivity contribution >= 4 is 17.4 Å². The quantitative estimate of drug-likeness (QED) is 0.175. The van der Waals surface area contributed by atoms with Crippen molar-refractivity contribution in [2.45, 2.75) is 0 Å². The molecule has 0 atom stereocenters. The predicted molar refractivity (Wildman–Crippen MR) is 20.3 cm³/mol. The molecule has 4 nitrogen and oxygen atoms in total. The molecule has 0 amide bonds. The van der Waals surface area contributed by atoms with Gasteiger partial charge in [0.25, 0.3) is 0 Å². The van der Waals surface area contributed by atoms with Crippen LogP contribution in [0.3, 0.4) is 0 Å². The van der Waals surface area contributed by atoms with Gasteiger partial charge in [0.05, 0.1) is 5.09 Å². The largest absolute Gasteiger partial charge is 1.00 e. The summed E-state index contributed by atoms with van der Waals surface area (Å²) < 4.78 is 0. The summed E-state index contributed by atoms with van der Waals surface area (Å²) in [5, 5.41) is 14.8. The van der Waals surface area contributed by atoms with Gasteiger partial charge in [-0.1, -0.05) is 0 Å². The first kappa shape index (κ1) is 16.2. The first-order valence-electron chi connectivity index (χ1n) is 0.548. The Morgan fingerprint density at radius 2 is 1.33 bits per heavy atom. The summed E-state index contributed by atoms with van der Waals surface area (Å²) in [6.45, 7) is 0. The molecule has 0 rings (SSSR count). The van der Waals surface area contributed by atoms with Crippen LogP contribution in [0.1, 0.15) is 0 Å². The summed E-state index contributed by atoms with van der Waals surface area (Å²) >= 11 is 0. The number of hydrogen-bond donors (Lipinski definition) is 0. The fraction of sp³-hybridized carbons (Fsp3) is 0. The fourth-order valence-electron chi connectivity index (χ4n) is 0. The average Bonchev–Trinajstić information content (AvgIpc) is 0.811. The molecule has 0 bridgehead atoms. The van der Waals surface area contributed by atoms with E-state index >= 15 is 0 Å². The van der Waals surface area contributed by atoms with E-state index in [4.69, 9.17) is 15.3 Å². The zero-order chi connectivity index (χ0) is 3.58. The van der Waals surface area contributed by atoms with Crippen molar-refractivity contribution in [3.05, 3.63) is 15.3 Å². The summed E-state index contributed by atoms with van der Waals surface area (Å²) in [6, 6.07) is 0. The molecule has 0 saturated carbocycles. The van der Waals surface area contributed by atoms with E-state index in [-0.39, 0.29) is 36.2 Å². The first-order valence-corrected chi connectivity index (χ1v) is 0.548. The molecular weight excluding hydrogens is 95.9 g/mol. The van der Waals surface area contributed by atoms with Crippen LogP contribution in [0.15, 0.2) is 0 Å². The first-order chi connectivity index (χ1) is 1.73. The van der Waals surface area contributed by atoms with Gasteiger partial charge in [-0.3, -0.25) is 0 Å². The molecule has 6 heavy (non-hydrogen) atoms. The van der Waals surface area contributed by atoms with Crippen LogP contribution in [0, 0.1) is 15.3 Å². The monoisotopic (exact) mass is 99.0 g/mol. The molecule has 30 valence electrons. The van der Waals surface area contributed by atoms with E-state index in [0.29, 0.717) is 0 Å². The van der Waals surface area contributed by atoms with Gasteiger partial charge in [0.15, 0.2) is 17.4 Å². The number of hydrogen-bond acceptors (Lipinski definition) is 3. The van der Waals surface area contributed by atoms with Gasteiger partial charge < -0.3 is 15.3 Å². The van der Waals surface area contributed by atoms with Crippen molar-refractivity contribution < 1.29 is 23.9 Å². The zero-order valence-electron chi connectivity index (χ0n) is 2.67. The second-order valence-corrected chi connectivity index (χ2v) is 0.224. The van der Waals surface area contributed by atoms with Gasteiger partial charge in [0, 0.05) is 0 Å². The summed E-state index contributed by atoms with van der Waals surface area (Å²) in [4.78, 5) is 8.25. The van der Waals surface area contributed by atoms with Crippen molar-refractivity contribution in [2.24, 2.45) is 0 Å².